The van der Waals surface area contributed by atoms with Crippen LogP contribution >= 0.6 is 11.8 Å². The van der Waals surface area contributed by atoms with Crippen LogP contribution in [0.1, 0.15) is 41.3 Å². The van der Waals surface area contributed by atoms with Crippen LogP contribution in [0.4, 0.5) is 4.79 Å². The minimum Gasteiger partial charge on any atom is -0.337 e. The van der Waals surface area contributed by atoms with E-state index in [-0.39, 0.29) is 23.3 Å². The standard InChI is InChI=1S/C34H34N4O3S2/c1-24(33-35-23-32(37-33)42-2)30(27-13-7-4-8-14-27)21-25-17-19-28(20-18-25)29-15-9-10-16-31(29)43(40,41)38-34(39)36-22-26-11-5-3-6-12-26/h3-20,23-24,30H,21-22H2,1-2H3,(H,35,37)(H2,36,38,39). The number of nitrogens with zero attached hydrogens (tertiary/aromatic N) is 1. The fourth-order valence-corrected chi connectivity index (χ4v) is 6.66. The molecule has 5 aromatic rings. The number of sulfonamides is 1. The van der Waals surface area contributed by atoms with Crippen LogP contribution in [-0.4, -0.2) is 30.7 Å². The predicted molar refractivity (Wildman–Crippen MR) is 173 cm³/mol. The molecular formula is C34H34N4O3S2. The number of aromatic nitrogens is 2. The topological polar surface area (TPSA) is 104 Å². The summed E-state index contributed by atoms with van der Waals surface area (Å²) in [6.07, 6.45) is 4.68. The Kier molecular flexibility index (Phi) is 9.64. The molecule has 4 aromatic carbocycles. The van der Waals surface area contributed by atoms with Crippen molar-refractivity contribution in [2.75, 3.05) is 6.26 Å². The van der Waals surface area contributed by atoms with Crippen LogP contribution in [0.2, 0.25) is 0 Å². The number of H-pyrrole nitrogens is 1. The van der Waals surface area contributed by atoms with Gasteiger partial charge in [0.25, 0.3) is 10.0 Å². The van der Waals surface area contributed by atoms with E-state index in [9.17, 15) is 13.2 Å². The second kappa shape index (κ2) is 13.8. The van der Waals surface area contributed by atoms with E-state index in [1.54, 1.807) is 30.0 Å². The van der Waals surface area contributed by atoms with E-state index < -0.39 is 16.1 Å². The van der Waals surface area contributed by atoms with Crippen LogP contribution in [-0.2, 0) is 23.0 Å². The average molecular weight is 611 g/mol. The largest absolute Gasteiger partial charge is 0.337 e. The van der Waals surface area contributed by atoms with Crippen molar-refractivity contribution in [1.82, 2.24) is 20.0 Å². The summed E-state index contributed by atoms with van der Waals surface area (Å²) < 4.78 is 28.7. The molecule has 1 aromatic heterocycles. The molecule has 0 saturated carbocycles. The third-order valence-corrected chi connectivity index (χ3v) is 9.51. The van der Waals surface area contributed by atoms with Crippen molar-refractivity contribution in [3.8, 4) is 11.1 Å². The zero-order valence-electron chi connectivity index (χ0n) is 24.0. The van der Waals surface area contributed by atoms with E-state index in [0.717, 1.165) is 34.0 Å². The number of rotatable bonds is 11. The van der Waals surface area contributed by atoms with Gasteiger partial charge >= 0.3 is 6.03 Å². The summed E-state index contributed by atoms with van der Waals surface area (Å²) in [7, 11) is -4.12. The van der Waals surface area contributed by atoms with Crippen molar-refractivity contribution in [2.45, 2.75) is 41.6 Å². The van der Waals surface area contributed by atoms with E-state index in [0.29, 0.717) is 5.56 Å². The van der Waals surface area contributed by atoms with Crippen molar-refractivity contribution in [3.05, 3.63) is 138 Å². The summed E-state index contributed by atoms with van der Waals surface area (Å²) in [6, 6.07) is 33.6. The number of aromatic amines is 1. The quantitative estimate of drug-likeness (QED) is 0.138. The van der Waals surface area contributed by atoms with Crippen molar-refractivity contribution in [2.24, 2.45) is 0 Å². The first kappa shape index (κ1) is 30.1. The number of thioether (sulfide) groups is 1. The summed E-state index contributed by atoms with van der Waals surface area (Å²) >= 11 is 1.64. The highest BCUT2D eigenvalue weighted by molar-refractivity contribution is 7.98. The normalized spacial score (nSPS) is 12.8. The molecule has 7 nitrogen and oxygen atoms in total. The van der Waals surface area contributed by atoms with Crippen LogP contribution in [0.25, 0.3) is 11.1 Å². The third kappa shape index (κ3) is 7.55. The molecular weight excluding hydrogens is 577 g/mol. The number of nitrogens with one attached hydrogen (secondary N) is 3. The maximum absolute atomic E-state index is 13.3. The second-order valence-electron chi connectivity index (χ2n) is 10.3. The molecule has 3 N–H and O–H groups in total. The maximum atomic E-state index is 13.3. The Morgan fingerprint density at radius 3 is 2.19 bits per heavy atom. The van der Waals surface area contributed by atoms with Crippen LogP contribution in [0.3, 0.4) is 0 Å². The van der Waals surface area contributed by atoms with Gasteiger partial charge in [-0.25, -0.2) is 22.9 Å². The Morgan fingerprint density at radius 2 is 1.51 bits per heavy atom. The molecule has 5 rings (SSSR count). The van der Waals surface area contributed by atoms with Crippen LogP contribution in [0.15, 0.2) is 125 Å². The molecule has 43 heavy (non-hydrogen) atoms. The molecule has 2 amide bonds. The SMILES string of the molecule is CSc1cnc(C(C)C(Cc2ccc(-c3ccccc3S(=O)(=O)NC(=O)NCc3ccccc3)cc2)c2ccccc2)[nH]1. The van der Waals surface area contributed by atoms with Gasteiger partial charge < -0.3 is 10.3 Å². The highest BCUT2D eigenvalue weighted by Crippen LogP contribution is 2.36. The Hall–Kier alpha value is -4.34. The van der Waals surface area contributed by atoms with Gasteiger partial charge in [0.15, 0.2) is 0 Å². The highest BCUT2D eigenvalue weighted by Gasteiger charge is 2.25. The smallest absolute Gasteiger partial charge is 0.328 e. The lowest BCUT2D eigenvalue weighted by Crippen LogP contribution is -2.39. The molecule has 0 aliphatic carbocycles. The lowest BCUT2D eigenvalue weighted by atomic mass is 9.82. The van der Waals surface area contributed by atoms with E-state index >= 15 is 0 Å². The Balaban J connectivity index is 1.34. The maximum Gasteiger partial charge on any atom is 0.328 e. The minimum absolute atomic E-state index is 0.0378. The fourth-order valence-electron chi connectivity index (χ4n) is 5.13. The Morgan fingerprint density at radius 1 is 0.860 bits per heavy atom. The molecule has 1 heterocycles. The van der Waals surface area contributed by atoms with Gasteiger partial charge in [-0.05, 0) is 46.9 Å². The number of urea groups is 1. The highest BCUT2D eigenvalue weighted by atomic mass is 32.2. The second-order valence-corrected chi connectivity index (χ2v) is 12.8. The van der Waals surface area contributed by atoms with Crippen molar-refractivity contribution in [3.63, 3.8) is 0 Å². The number of benzene rings is 4. The number of carbonyl (C=O) groups excluding carboxylic acids is 1. The predicted octanol–water partition coefficient (Wildman–Crippen LogP) is 7.12. The summed E-state index contributed by atoms with van der Waals surface area (Å²) in [5, 5.41) is 3.65. The summed E-state index contributed by atoms with van der Waals surface area (Å²) in [4.78, 5) is 20.6. The Bertz CT molecular complexity index is 1760. The molecule has 220 valence electrons. The third-order valence-electron chi connectivity index (χ3n) is 7.47. The average Bonchev–Trinajstić information content (AvgIpc) is 3.53. The van der Waals surface area contributed by atoms with Crippen molar-refractivity contribution >= 4 is 27.8 Å². The fraction of sp³-hybridized carbons (Fsp3) is 0.176. The number of amides is 2. The van der Waals surface area contributed by atoms with Gasteiger partial charge in [0.1, 0.15) is 5.82 Å². The van der Waals surface area contributed by atoms with Gasteiger partial charge in [0, 0.05) is 18.0 Å². The number of carbonyl (C=O) groups is 1. The van der Waals surface area contributed by atoms with Gasteiger partial charge in [-0.2, -0.15) is 0 Å². The van der Waals surface area contributed by atoms with E-state index in [1.165, 1.54) is 11.6 Å². The number of hydrogen-bond donors (Lipinski definition) is 3. The van der Waals surface area contributed by atoms with Crippen LogP contribution in [0.5, 0.6) is 0 Å². The molecule has 0 fully saturated rings. The van der Waals surface area contributed by atoms with Gasteiger partial charge in [0.05, 0.1) is 16.1 Å². The first-order valence-corrected chi connectivity index (χ1v) is 16.7. The summed E-state index contributed by atoms with van der Waals surface area (Å²) in [6.45, 7) is 2.41. The van der Waals surface area contributed by atoms with Gasteiger partial charge in [-0.3, -0.25) is 0 Å². The number of imidazole rings is 1. The number of hydrogen-bond acceptors (Lipinski definition) is 5. The first-order chi connectivity index (χ1) is 20.8. The summed E-state index contributed by atoms with van der Waals surface area (Å²) in [5.74, 6) is 1.28. The molecule has 0 saturated heterocycles. The Labute approximate surface area is 257 Å². The summed E-state index contributed by atoms with van der Waals surface area (Å²) in [5.41, 5.74) is 4.49. The van der Waals surface area contributed by atoms with Crippen LogP contribution in [0, 0.1) is 0 Å². The molecule has 2 atom stereocenters. The molecule has 0 aliphatic rings. The minimum atomic E-state index is -4.12. The van der Waals surface area contributed by atoms with Crippen molar-refractivity contribution in [1.29, 1.82) is 0 Å². The first-order valence-electron chi connectivity index (χ1n) is 14.0. The van der Waals surface area contributed by atoms with E-state index in [2.05, 4.69) is 51.2 Å². The molecule has 0 bridgehead atoms. The molecule has 0 spiro atoms. The lowest BCUT2D eigenvalue weighted by Gasteiger charge is -2.23. The molecule has 9 heteroatoms. The zero-order valence-corrected chi connectivity index (χ0v) is 25.7. The lowest BCUT2D eigenvalue weighted by molar-refractivity contribution is 0.245. The van der Waals surface area contributed by atoms with E-state index in [1.807, 2.05) is 73.1 Å². The van der Waals surface area contributed by atoms with Gasteiger partial charge in [-0.1, -0.05) is 110 Å². The van der Waals surface area contributed by atoms with Gasteiger partial charge in [-0.15, -0.1) is 11.8 Å². The molecule has 0 aliphatic heterocycles. The monoisotopic (exact) mass is 610 g/mol. The molecule has 2 unspecified atom stereocenters. The van der Waals surface area contributed by atoms with Gasteiger partial charge in [0.2, 0.25) is 0 Å². The zero-order chi connectivity index (χ0) is 30.2. The van der Waals surface area contributed by atoms with E-state index in [4.69, 9.17) is 0 Å². The van der Waals surface area contributed by atoms with Crippen molar-refractivity contribution < 1.29 is 13.2 Å². The van der Waals surface area contributed by atoms with Crippen LogP contribution < -0.4 is 10.0 Å². The molecule has 0 radical (unpaired) electrons.